The summed E-state index contributed by atoms with van der Waals surface area (Å²) in [4.78, 5) is 0. The first-order chi connectivity index (χ1) is 10.6. The first kappa shape index (κ1) is 16.2. The van der Waals surface area contributed by atoms with Crippen molar-refractivity contribution >= 4 is 5.69 Å². The monoisotopic (exact) mass is 299 g/mol. The Kier molecular flexibility index (Phi) is 5.31. The molecule has 0 aromatic heterocycles. The zero-order valence-electron chi connectivity index (χ0n) is 14.0. The molecule has 0 fully saturated rings. The van der Waals surface area contributed by atoms with Crippen LogP contribution in [-0.2, 0) is 0 Å². The highest BCUT2D eigenvalue weighted by Gasteiger charge is 2.12. The summed E-state index contributed by atoms with van der Waals surface area (Å²) in [5, 5.41) is 3.60. The van der Waals surface area contributed by atoms with Crippen LogP contribution in [0, 0.1) is 0 Å². The Morgan fingerprint density at radius 1 is 0.864 bits per heavy atom. The molecule has 0 amide bonds. The number of rotatable bonds is 6. The third-order valence-corrected chi connectivity index (χ3v) is 3.86. The summed E-state index contributed by atoms with van der Waals surface area (Å²) >= 11 is 0. The molecule has 0 aliphatic heterocycles. The number of nitrogens with one attached hydrogen (secondary N) is 1. The second-order valence-corrected chi connectivity index (χ2v) is 5.72. The number of anilines is 1. The van der Waals surface area contributed by atoms with Crippen LogP contribution in [0.1, 0.15) is 43.9 Å². The van der Waals surface area contributed by atoms with Gasteiger partial charge in [-0.05, 0) is 42.2 Å². The maximum atomic E-state index is 5.39. The molecule has 2 aromatic rings. The van der Waals surface area contributed by atoms with E-state index in [1.807, 2.05) is 12.1 Å². The second-order valence-electron chi connectivity index (χ2n) is 5.72. The summed E-state index contributed by atoms with van der Waals surface area (Å²) in [5.41, 5.74) is 3.67. The summed E-state index contributed by atoms with van der Waals surface area (Å²) in [6.45, 7) is 6.57. The molecule has 1 unspecified atom stereocenters. The predicted molar refractivity (Wildman–Crippen MR) is 92.1 cm³/mol. The van der Waals surface area contributed by atoms with E-state index < -0.39 is 0 Å². The van der Waals surface area contributed by atoms with Crippen LogP contribution in [0.5, 0.6) is 11.5 Å². The van der Waals surface area contributed by atoms with Crippen molar-refractivity contribution in [3.8, 4) is 11.5 Å². The lowest BCUT2D eigenvalue weighted by atomic mass is 10.00. The molecule has 22 heavy (non-hydrogen) atoms. The lowest BCUT2D eigenvalue weighted by Gasteiger charge is -2.21. The predicted octanol–water partition coefficient (Wildman–Crippen LogP) is 5.00. The van der Waals surface area contributed by atoms with Gasteiger partial charge in [0.1, 0.15) is 0 Å². The van der Waals surface area contributed by atoms with E-state index in [2.05, 4.69) is 56.4 Å². The molecule has 3 nitrogen and oxygen atoms in total. The van der Waals surface area contributed by atoms with Crippen molar-refractivity contribution in [3.05, 3.63) is 53.6 Å². The molecule has 2 rings (SSSR count). The van der Waals surface area contributed by atoms with Gasteiger partial charge in [0.15, 0.2) is 11.5 Å². The topological polar surface area (TPSA) is 30.5 Å². The van der Waals surface area contributed by atoms with Crippen molar-refractivity contribution in [1.82, 2.24) is 0 Å². The van der Waals surface area contributed by atoms with Crippen LogP contribution in [0.3, 0.4) is 0 Å². The van der Waals surface area contributed by atoms with Gasteiger partial charge >= 0.3 is 0 Å². The quantitative estimate of drug-likeness (QED) is 0.814. The van der Waals surface area contributed by atoms with Gasteiger partial charge in [0.25, 0.3) is 0 Å². The Bertz CT molecular complexity index is 623. The van der Waals surface area contributed by atoms with Crippen molar-refractivity contribution < 1.29 is 9.47 Å². The summed E-state index contributed by atoms with van der Waals surface area (Å²) in [6, 6.07) is 14.7. The Morgan fingerprint density at radius 3 is 2.18 bits per heavy atom. The van der Waals surface area contributed by atoms with E-state index in [0.717, 1.165) is 17.1 Å². The minimum atomic E-state index is 0.180. The van der Waals surface area contributed by atoms with Gasteiger partial charge in [-0.15, -0.1) is 0 Å². The number of benzene rings is 2. The number of ether oxygens (including phenoxy) is 2. The molecular formula is C19H25NO2. The average molecular weight is 299 g/mol. The average Bonchev–Trinajstić information content (AvgIpc) is 2.54. The fraction of sp³-hybridized carbons (Fsp3) is 0.368. The molecule has 0 aliphatic carbocycles. The third kappa shape index (κ3) is 3.53. The van der Waals surface area contributed by atoms with Crippen LogP contribution >= 0.6 is 0 Å². The summed E-state index contributed by atoms with van der Waals surface area (Å²) in [7, 11) is 3.31. The van der Waals surface area contributed by atoms with Gasteiger partial charge < -0.3 is 14.8 Å². The van der Waals surface area contributed by atoms with Crippen LogP contribution in [-0.4, -0.2) is 14.2 Å². The molecule has 0 saturated heterocycles. The van der Waals surface area contributed by atoms with E-state index in [1.54, 1.807) is 14.2 Å². The highest BCUT2D eigenvalue weighted by Crippen LogP contribution is 2.32. The molecule has 118 valence electrons. The number of hydrogen-bond acceptors (Lipinski definition) is 3. The van der Waals surface area contributed by atoms with Crippen LogP contribution in [0.15, 0.2) is 42.5 Å². The summed E-state index contributed by atoms with van der Waals surface area (Å²) in [5.74, 6) is 1.99. The second kappa shape index (κ2) is 7.21. The van der Waals surface area contributed by atoms with E-state index in [4.69, 9.17) is 9.47 Å². The molecular weight excluding hydrogens is 274 g/mol. The van der Waals surface area contributed by atoms with Gasteiger partial charge in [0.2, 0.25) is 0 Å². The van der Waals surface area contributed by atoms with E-state index in [-0.39, 0.29) is 6.04 Å². The molecule has 0 radical (unpaired) electrons. The molecule has 1 atom stereocenters. The first-order valence-electron chi connectivity index (χ1n) is 7.64. The molecule has 0 aliphatic rings. The van der Waals surface area contributed by atoms with Crippen molar-refractivity contribution in [1.29, 1.82) is 0 Å². The normalized spacial score (nSPS) is 12.1. The Labute approximate surface area is 133 Å². The van der Waals surface area contributed by atoms with E-state index in [1.165, 1.54) is 11.3 Å². The Hall–Kier alpha value is -2.16. The summed E-state index contributed by atoms with van der Waals surface area (Å²) in [6.07, 6.45) is 0. The molecule has 1 N–H and O–H groups in total. The van der Waals surface area contributed by atoms with E-state index >= 15 is 0 Å². The maximum absolute atomic E-state index is 5.39. The highest BCUT2D eigenvalue weighted by molar-refractivity contribution is 5.54. The van der Waals surface area contributed by atoms with Gasteiger partial charge in [0.05, 0.1) is 14.2 Å². The zero-order valence-corrected chi connectivity index (χ0v) is 14.0. The number of para-hydroxylation sites is 1. The number of methoxy groups -OCH3 is 2. The van der Waals surface area contributed by atoms with Gasteiger partial charge in [0, 0.05) is 11.7 Å². The van der Waals surface area contributed by atoms with Crippen molar-refractivity contribution in [2.24, 2.45) is 0 Å². The van der Waals surface area contributed by atoms with Gasteiger partial charge in [-0.1, -0.05) is 38.1 Å². The minimum Gasteiger partial charge on any atom is -0.493 e. The molecule has 2 aromatic carbocycles. The van der Waals surface area contributed by atoms with Crippen LogP contribution in [0.25, 0.3) is 0 Å². The van der Waals surface area contributed by atoms with Crippen LogP contribution < -0.4 is 14.8 Å². The smallest absolute Gasteiger partial charge is 0.161 e. The first-order valence-corrected chi connectivity index (χ1v) is 7.64. The Balaban J connectivity index is 2.24. The highest BCUT2D eigenvalue weighted by atomic mass is 16.5. The molecule has 0 heterocycles. The molecule has 0 spiro atoms. The van der Waals surface area contributed by atoms with Crippen molar-refractivity contribution in [3.63, 3.8) is 0 Å². The van der Waals surface area contributed by atoms with E-state index in [0.29, 0.717) is 5.92 Å². The standard InChI is InChI=1S/C19H25NO2/c1-13(2)16-8-6-7-9-17(16)20-14(3)15-10-11-18(21-4)19(12-15)22-5/h6-14,20H,1-5H3. The van der Waals surface area contributed by atoms with Gasteiger partial charge in [-0.25, -0.2) is 0 Å². The largest absolute Gasteiger partial charge is 0.493 e. The van der Waals surface area contributed by atoms with E-state index in [9.17, 15) is 0 Å². The van der Waals surface area contributed by atoms with Crippen LogP contribution in [0.2, 0.25) is 0 Å². The lowest BCUT2D eigenvalue weighted by molar-refractivity contribution is 0.354. The minimum absolute atomic E-state index is 0.180. The fourth-order valence-corrected chi connectivity index (χ4v) is 2.57. The molecule has 0 bridgehead atoms. The van der Waals surface area contributed by atoms with Crippen molar-refractivity contribution in [2.75, 3.05) is 19.5 Å². The molecule has 3 heteroatoms. The SMILES string of the molecule is COc1ccc(C(C)Nc2ccccc2C(C)C)cc1OC. The van der Waals surface area contributed by atoms with Crippen LogP contribution in [0.4, 0.5) is 5.69 Å². The number of hydrogen-bond donors (Lipinski definition) is 1. The van der Waals surface area contributed by atoms with Gasteiger partial charge in [-0.3, -0.25) is 0 Å². The molecule has 0 saturated carbocycles. The fourth-order valence-electron chi connectivity index (χ4n) is 2.57. The zero-order chi connectivity index (χ0) is 16.1. The van der Waals surface area contributed by atoms with Crippen molar-refractivity contribution in [2.45, 2.75) is 32.7 Å². The lowest BCUT2D eigenvalue weighted by Crippen LogP contribution is -2.09. The van der Waals surface area contributed by atoms with Gasteiger partial charge in [-0.2, -0.15) is 0 Å². The maximum Gasteiger partial charge on any atom is 0.161 e. The Morgan fingerprint density at radius 2 is 1.55 bits per heavy atom. The third-order valence-electron chi connectivity index (χ3n) is 3.86. The summed E-state index contributed by atoms with van der Waals surface area (Å²) < 4.78 is 10.7.